The van der Waals surface area contributed by atoms with Gasteiger partial charge in [-0.3, -0.25) is 0 Å². The zero-order valence-corrected chi connectivity index (χ0v) is 9.52. The van der Waals surface area contributed by atoms with Gasteiger partial charge in [0.1, 0.15) is 0 Å². The van der Waals surface area contributed by atoms with Crippen LogP contribution in [-0.4, -0.2) is 0 Å². The van der Waals surface area contributed by atoms with E-state index in [1.807, 2.05) is 6.07 Å². The first kappa shape index (κ1) is 11.3. The Balaban J connectivity index is 3.38. The number of aryl methyl sites for hydroxylation is 3. The second kappa shape index (κ2) is 5.23. The fraction of sp³-hybridized carbons (Fsp3) is 0.357. The van der Waals surface area contributed by atoms with Crippen molar-refractivity contribution in [3.05, 3.63) is 34.4 Å². The third kappa shape index (κ3) is 2.61. The van der Waals surface area contributed by atoms with Crippen LogP contribution in [0.2, 0.25) is 0 Å². The molecule has 0 unspecified atom stereocenters. The van der Waals surface area contributed by atoms with Gasteiger partial charge in [-0.15, -0.1) is 0 Å². The van der Waals surface area contributed by atoms with Crippen molar-refractivity contribution in [3.63, 3.8) is 0 Å². The molecule has 15 heavy (non-hydrogen) atoms. The quantitative estimate of drug-likeness (QED) is 0.669. The highest BCUT2D eigenvalue weighted by Crippen LogP contribution is 2.18. The van der Waals surface area contributed by atoms with Crippen molar-refractivity contribution in [2.45, 2.75) is 33.6 Å². The topological polar surface area (TPSA) is 23.8 Å². The summed E-state index contributed by atoms with van der Waals surface area (Å²) < 4.78 is 0. The van der Waals surface area contributed by atoms with Crippen LogP contribution >= 0.6 is 0 Å². The predicted molar refractivity (Wildman–Crippen MR) is 62.4 cm³/mol. The molecule has 0 N–H and O–H groups in total. The first-order valence-corrected chi connectivity index (χ1v) is 5.25. The monoisotopic (exact) mass is 197 g/mol. The van der Waals surface area contributed by atoms with Crippen molar-refractivity contribution in [2.75, 3.05) is 0 Å². The third-order valence-electron chi connectivity index (χ3n) is 2.45. The lowest BCUT2D eigenvalue weighted by Gasteiger charge is -2.09. The molecule has 1 rings (SSSR count). The minimum absolute atomic E-state index is 0.962. The summed E-state index contributed by atoms with van der Waals surface area (Å²) >= 11 is 0. The smallest absolute Gasteiger partial charge is 0.152 e. The van der Waals surface area contributed by atoms with Crippen LogP contribution in [0.15, 0.2) is 12.1 Å². The molecule has 0 heterocycles. The summed E-state index contributed by atoms with van der Waals surface area (Å²) in [6.07, 6.45) is 1.92. The van der Waals surface area contributed by atoms with Crippen LogP contribution in [0.3, 0.4) is 0 Å². The van der Waals surface area contributed by atoms with Gasteiger partial charge in [0, 0.05) is 11.5 Å². The third-order valence-corrected chi connectivity index (χ3v) is 2.45. The molecule has 1 aromatic carbocycles. The molecular formula is C14H15N. The number of nitriles is 1. The van der Waals surface area contributed by atoms with E-state index in [1.165, 1.54) is 16.7 Å². The second-order valence-electron chi connectivity index (χ2n) is 3.53. The zero-order valence-electron chi connectivity index (χ0n) is 9.52. The Morgan fingerprint density at radius 3 is 2.07 bits per heavy atom. The average molecular weight is 197 g/mol. The van der Waals surface area contributed by atoms with Gasteiger partial charge in [-0.25, -0.2) is 0 Å². The molecule has 0 amide bonds. The van der Waals surface area contributed by atoms with Crippen molar-refractivity contribution in [3.8, 4) is 17.9 Å². The van der Waals surface area contributed by atoms with E-state index in [2.05, 4.69) is 44.7 Å². The minimum atomic E-state index is 0.962. The number of nitrogens with zero attached hydrogens (tertiary/aromatic N) is 1. The number of benzene rings is 1. The number of hydrogen-bond donors (Lipinski definition) is 0. The van der Waals surface area contributed by atoms with Crippen LogP contribution in [-0.2, 0) is 12.8 Å². The SMILES string of the molecule is CCc1cc(C)cc(CC)c1C#CC#N. The van der Waals surface area contributed by atoms with Gasteiger partial charge >= 0.3 is 0 Å². The van der Waals surface area contributed by atoms with E-state index in [4.69, 9.17) is 5.26 Å². The van der Waals surface area contributed by atoms with Gasteiger partial charge in [-0.2, -0.15) is 5.26 Å². The Kier molecular flexibility index (Phi) is 3.95. The molecule has 0 bridgehead atoms. The molecular weight excluding hydrogens is 182 g/mol. The molecule has 76 valence electrons. The van der Waals surface area contributed by atoms with E-state index >= 15 is 0 Å². The Hall–Kier alpha value is -1.73. The summed E-state index contributed by atoms with van der Waals surface area (Å²) in [5.41, 5.74) is 4.81. The Morgan fingerprint density at radius 2 is 1.67 bits per heavy atom. The minimum Gasteiger partial charge on any atom is -0.183 e. The van der Waals surface area contributed by atoms with Crippen molar-refractivity contribution >= 4 is 0 Å². The van der Waals surface area contributed by atoms with Crippen molar-refractivity contribution in [1.29, 1.82) is 5.26 Å². The highest BCUT2D eigenvalue weighted by molar-refractivity contribution is 5.50. The maximum Gasteiger partial charge on any atom is 0.152 e. The molecule has 0 atom stereocenters. The molecule has 0 radical (unpaired) electrons. The van der Waals surface area contributed by atoms with Crippen LogP contribution in [0.1, 0.15) is 36.1 Å². The molecule has 0 fully saturated rings. The van der Waals surface area contributed by atoms with Crippen molar-refractivity contribution in [1.82, 2.24) is 0 Å². The maximum atomic E-state index is 8.49. The van der Waals surface area contributed by atoms with Crippen molar-refractivity contribution in [2.24, 2.45) is 0 Å². The van der Waals surface area contributed by atoms with Crippen LogP contribution in [0.5, 0.6) is 0 Å². The molecule has 0 aliphatic carbocycles. The summed E-state index contributed by atoms with van der Waals surface area (Å²) in [5, 5.41) is 8.49. The lowest BCUT2D eigenvalue weighted by Crippen LogP contribution is -1.96. The summed E-state index contributed by atoms with van der Waals surface area (Å²) in [4.78, 5) is 0. The molecule has 1 heteroatoms. The zero-order chi connectivity index (χ0) is 11.3. The summed E-state index contributed by atoms with van der Waals surface area (Å²) in [6, 6.07) is 6.18. The molecule has 0 spiro atoms. The molecule has 0 saturated carbocycles. The van der Waals surface area contributed by atoms with Crippen molar-refractivity contribution < 1.29 is 0 Å². The molecule has 0 aliphatic rings. The normalized spacial score (nSPS) is 8.93. The Bertz CT molecular complexity index is 427. The maximum absolute atomic E-state index is 8.49. The van der Waals surface area contributed by atoms with Crippen LogP contribution in [0.4, 0.5) is 0 Å². The number of hydrogen-bond acceptors (Lipinski definition) is 1. The molecule has 0 saturated heterocycles. The van der Waals surface area contributed by atoms with Crippen LogP contribution in [0, 0.1) is 30.1 Å². The lowest BCUT2D eigenvalue weighted by atomic mass is 9.95. The molecule has 0 aliphatic heterocycles. The Morgan fingerprint density at radius 1 is 1.13 bits per heavy atom. The van der Waals surface area contributed by atoms with Gasteiger partial charge in [-0.1, -0.05) is 37.5 Å². The van der Waals surface area contributed by atoms with Gasteiger partial charge in [0.25, 0.3) is 0 Å². The summed E-state index contributed by atoms with van der Waals surface area (Å²) in [7, 11) is 0. The van der Waals surface area contributed by atoms with Gasteiger partial charge in [0.05, 0.1) is 0 Å². The van der Waals surface area contributed by atoms with Gasteiger partial charge in [0.2, 0.25) is 0 Å². The molecule has 0 aromatic heterocycles. The van der Waals surface area contributed by atoms with E-state index in [0.29, 0.717) is 0 Å². The highest BCUT2D eigenvalue weighted by atomic mass is 14.2. The first-order valence-electron chi connectivity index (χ1n) is 5.25. The number of rotatable bonds is 2. The van der Waals surface area contributed by atoms with E-state index in [9.17, 15) is 0 Å². The van der Waals surface area contributed by atoms with E-state index in [0.717, 1.165) is 18.4 Å². The van der Waals surface area contributed by atoms with E-state index in [1.54, 1.807) is 0 Å². The first-order chi connectivity index (χ1) is 7.22. The van der Waals surface area contributed by atoms with Gasteiger partial charge in [0.15, 0.2) is 6.07 Å². The fourth-order valence-electron chi connectivity index (χ4n) is 1.75. The van der Waals surface area contributed by atoms with E-state index < -0.39 is 0 Å². The van der Waals surface area contributed by atoms with Crippen LogP contribution < -0.4 is 0 Å². The highest BCUT2D eigenvalue weighted by Gasteiger charge is 2.04. The largest absolute Gasteiger partial charge is 0.183 e. The molecule has 1 nitrogen and oxygen atoms in total. The fourth-order valence-corrected chi connectivity index (χ4v) is 1.75. The Labute approximate surface area is 91.7 Å². The predicted octanol–water partition coefficient (Wildman–Crippen LogP) is 2.99. The summed E-state index contributed by atoms with van der Waals surface area (Å²) in [6.45, 7) is 6.33. The molecule has 1 aromatic rings. The second-order valence-corrected chi connectivity index (χ2v) is 3.53. The lowest BCUT2D eigenvalue weighted by molar-refractivity contribution is 1.06. The van der Waals surface area contributed by atoms with E-state index in [-0.39, 0.29) is 0 Å². The van der Waals surface area contributed by atoms with Gasteiger partial charge < -0.3 is 0 Å². The van der Waals surface area contributed by atoms with Gasteiger partial charge in [-0.05, 0) is 30.9 Å². The van der Waals surface area contributed by atoms with Crippen LogP contribution in [0.25, 0.3) is 0 Å². The summed E-state index contributed by atoms with van der Waals surface area (Å²) in [5.74, 6) is 5.44. The standard InChI is InChI=1S/C14H15N/c1-4-12-9-11(3)10-13(5-2)14(12)7-6-8-15/h9-10H,4-5H2,1-3H3. The average Bonchev–Trinajstić information content (AvgIpc) is 2.26.